The largest absolute Gasteiger partial charge is 0.469 e. The van der Waals surface area contributed by atoms with Gasteiger partial charge in [0.15, 0.2) is 0 Å². The maximum absolute atomic E-state index is 5.60. The van der Waals surface area contributed by atoms with Gasteiger partial charge in [0.1, 0.15) is 5.76 Å². The molecule has 1 aliphatic carbocycles. The Hall–Kier alpha value is -1.54. The predicted octanol–water partition coefficient (Wildman–Crippen LogP) is 4.93. The molecule has 0 saturated carbocycles. The fourth-order valence-corrected chi connectivity index (χ4v) is 3.92. The quantitative estimate of drug-likeness (QED) is 0.863. The maximum atomic E-state index is 5.60. The van der Waals surface area contributed by atoms with Crippen molar-refractivity contribution < 1.29 is 4.42 Å². The second kappa shape index (κ2) is 5.69. The molecule has 2 nitrogen and oxygen atoms in total. The highest BCUT2D eigenvalue weighted by Gasteiger charge is 2.24. The molecule has 2 unspecified atom stereocenters. The lowest BCUT2D eigenvalue weighted by atomic mass is 9.90. The van der Waals surface area contributed by atoms with E-state index in [4.69, 9.17) is 4.42 Å². The fraction of sp³-hybridized carbons (Fsp3) is 0.474. The summed E-state index contributed by atoms with van der Waals surface area (Å²) in [5.41, 5.74) is 6.91. The first-order valence-electron chi connectivity index (χ1n) is 7.96. The Morgan fingerprint density at radius 2 is 1.90 bits per heavy atom. The Morgan fingerprint density at radius 1 is 1.19 bits per heavy atom. The van der Waals surface area contributed by atoms with Gasteiger partial charge in [0.05, 0.1) is 6.26 Å². The van der Waals surface area contributed by atoms with Crippen molar-refractivity contribution in [1.82, 2.24) is 5.32 Å². The van der Waals surface area contributed by atoms with E-state index >= 15 is 0 Å². The minimum atomic E-state index is 0.358. The monoisotopic (exact) mass is 283 g/mol. The third-order valence-electron chi connectivity index (χ3n) is 4.67. The number of fused-ring (bicyclic) bond motifs is 1. The van der Waals surface area contributed by atoms with Crippen LogP contribution in [-0.2, 0) is 6.42 Å². The molecule has 0 aliphatic heterocycles. The van der Waals surface area contributed by atoms with Crippen LogP contribution in [0.5, 0.6) is 0 Å². The van der Waals surface area contributed by atoms with Crippen LogP contribution in [-0.4, -0.2) is 0 Å². The second-order valence-electron chi connectivity index (χ2n) is 6.44. The zero-order valence-electron chi connectivity index (χ0n) is 13.5. The highest BCUT2D eigenvalue weighted by atomic mass is 16.3. The van der Waals surface area contributed by atoms with E-state index in [2.05, 4.69) is 51.2 Å². The Bertz CT molecular complexity index is 618. The lowest BCUT2D eigenvalue weighted by molar-refractivity contribution is 0.385. The van der Waals surface area contributed by atoms with Gasteiger partial charge in [0, 0.05) is 24.1 Å². The average molecular weight is 283 g/mol. The van der Waals surface area contributed by atoms with Gasteiger partial charge in [0.25, 0.3) is 0 Å². The van der Waals surface area contributed by atoms with Crippen molar-refractivity contribution >= 4 is 0 Å². The van der Waals surface area contributed by atoms with E-state index in [0.717, 1.165) is 6.42 Å². The van der Waals surface area contributed by atoms with Crippen molar-refractivity contribution in [3.05, 3.63) is 58.0 Å². The molecule has 0 amide bonds. The number of hydrogen-bond acceptors (Lipinski definition) is 2. The number of nitrogens with one attached hydrogen (secondary N) is 1. The van der Waals surface area contributed by atoms with Gasteiger partial charge in [-0.2, -0.15) is 0 Å². The normalized spacial score (nSPS) is 19.3. The summed E-state index contributed by atoms with van der Waals surface area (Å²) in [6.07, 6.45) is 5.31. The smallest absolute Gasteiger partial charge is 0.108 e. The van der Waals surface area contributed by atoms with Crippen LogP contribution in [0.4, 0.5) is 0 Å². The summed E-state index contributed by atoms with van der Waals surface area (Å²) in [4.78, 5) is 0. The highest BCUT2D eigenvalue weighted by Crippen LogP contribution is 2.33. The van der Waals surface area contributed by atoms with Gasteiger partial charge in [-0.3, -0.25) is 0 Å². The first kappa shape index (κ1) is 14.4. The first-order valence-corrected chi connectivity index (χ1v) is 7.96. The molecule has 2 aromatic rings. The van der Waals surface area contributed by atoms with Gasteiger partial charge >= 0.3 is 0 Å². The summed E-state index contributed by atoms with van der Waals surface area (Å²) in [7, 11) is 0. The zero-order chi connectivity index (χ0) is 15.0. The topological polar surface area (TPSA) is 25.2 Å². The number of aryl methyl sites for hydroxylation is 4. The molecule has 3 rings (SSSR count). The Morgan fingerprint density at radius 3 is 2.62 bits per heavy atom. The molecule has 1 aliphatic rings. The molecule has 1 aromatic carbocycles. The molecule has 0 bridgehead atoms. The molecular weight excluding hydrogens is 258 g/mol. The fourth-order valence-electron chi connectivity index (χ4n) is 3.92. The molecule has 2 heteroatoms. The van der Waals surface area contributed by atoms with E-state index in [-0.39, 0.29) is 0 Å². The number of furan rings is 1. The van der Waals surface area contributed by atoms with Gasteiger partial charge in [0.2, 0.25) is 0 Å². The van der Waals surface area contributed by atoms with Crippen LogP contribution in [0.2, 0.25) is 0 Å². The highest BCUT2D eigenvalue weighted by molar-refractivity contribution is 5.39. The van der Waals surface area contributed by atoms with Gasteiger partial charge in [-0.05, 0) is 63.3 Å². The van der Waals surface area contributed by atoms with Gasteiger partial charge in [-0.25, -0.2) is 0 Å². The molecule has 0 spiro atoms. The van der Waals surface area contributed by atoms with Crippen molar-refractivity contribution in [3.8, 4) is 0 Å². The third-order valence-corrected chi connectivity index (χ3v) is 4.67. The molecule has 2 atom stereocenters. The third kappa shape index (κ3) is 2.77. The summed E-state index contributed by atoms with van der Waals surface area (Å²) in [5, 5.41) is 3.82. The minimum absolute atomic E-state index is 0.358. The van der Waals surface area contributed by atoms with Crippen LogP contribution in [0, 0.1) is 20.8 Å². The van der Waals surface area contributed by atoms with E-state index in [1.54, 1.807) is 0 Å². The molecule has 0 fully saturated rings. The average Bonchev–Trinajstić information content (AvgIpc) is 2.86. The van der Waals surface area contributed by atoms with Gasteiger partial charge in [-0.1, -0.05) is 17.7 Å². The molecule has 112 valence electrons. The standard InChI is InChI=1S/C19H25NO/c1-12-10-13(2)19(14(3)11-12)15(4)20-17-6-5-7-18-16(17)8-9-21-18/h8-11,15,17,20H,5-7H2,1-4H3. The van der Waals surface area contributed by atoms with Crippen LogP contribution in [0.15, 0.2) is 28.9 Å². The Labute approximate surface area is 127 Å². The Kier molecular flexibility index (Phi) is 3.90. The number of benzene rings is 1. The van der Waals surface area contributed by atoms with Crippen molar-refractivity contribution in [2.24, 2.45) is 0 Å². The first-order chi connectivity index (χ1) is 10.1. The lowest BCUT2D eigenvalue weighted by Gasteiger charge is -2.28. The summed E-state index contributed by atoms with van der Waals surface area (Å²) in [5.74, 6) is 1.17. The van der Waals surface area contributed by atoms with Crippen LogP contribution < -0.4 is 5.32 Å². The lowest BCUT2D eigenvalue weighted by Crippen LogP contribution is -2.28. The van der Waals surface area contributed by atoms with E-state index in [1.807, 2.05) is 6.26 Å². The molecule has 21 heavy (non-hydrogen) atoms. The number of hydrogen-bond donors (Lipinski definition) is 1. The van der Waals surface area contributed by atoms with Crippen LogP contribution in [0.25, 0.3) is 0 Å². The van der Waals surface area contributed by atoms with E-state index in [1.165, 1.54) is 46.4 Å². The molecule has 1 heterocycles. The van der Waals surface area contributed by atoms with Gasteiger partial charge < -0.3 is 9.73 Å². The summed E-state index contributed by atoms with van der Waals surface area (Å²) in [6.45, 7) is 8.88. The van der Waals surface area contributed by atoms with Crippen molar-refractivity contribution in [2.75, 3.05) is 0 Å². The maximum Gasteiger partial charge on any atom is 0.108 e. The van der Waals surface area contributed by atoms with E-state index < -0.39 is 0 Å². The van der Waals surface area contributed by atoms with E-state index in [9.17, 15) is 0 Å². The van der Waals surface area contributed by atoms with Crippen molar-refractivity contribution in [1.29, 1.82) is 0 Å². The van der Waals surface area contributed by atoms with Gasteiger partial charge in [-0.15, -0.1) is 0 Å². The minimum Gasteiger partial charge on any atom is -0.469 e. The molecule has 1 N–H and O–H groups in total. The molecule has 0 radical (unpaired) electrons. The van der Waals surface area contributed by atoms with Crippen molar-refractivity contribution in [2.45, 2.75) is 59.0 Å². The zero-order valence-corrected chi connectivity index (χ0v) is 13.5. The predicted molar refractivity (Wildman–Crippen MR) is 86.6 cm³/mol. The SMILES string of the molecule is Cc1cc(C)c(C(C)NC2CCCc3occc32)c(C)c1. The van der Waals surface area contributed by atoms with Crippen molar-refractivity contribution in [3.63, 3.8) is 0 Å². The molecule has 1 aromatic heterocycles. The molecular formula is C19H25NO. The van der Waals surface area contributed by atoms with Crippen LogP contribution in [0.3, 0.4) is 0 Å². The molecule has 0 saturated heterocycles. The summed E-state index contributed by atoms with van der Waals surface area (Å²) >= 11 is 0. The summed E-state index contributed by atoms with van der Waals surface area (Å²) in [6, 6.07) is 7.47. The van der Waals surface area contributed by atoms with Crippen LogP contribution >= 0.6 is 0 Å². The second-order valence-corrected chi connectivity index (χ2v) is 6.44. The number of rotatable bonds is 3. The summed E-state index contributed by atoms with van der Waals surface area (Å²) < 4.78 is 5.60. The van der Waals surface area contributed by atoms with E-state index in [0.29, 0.717) is 12.1 Å². The Balaban J connectivity index is 1.84. The van der Waals surface area contributed by atoms with Crippen LogP contribution in [0.1, 0.15) is 65.4 Å².